The van der Waals surface area contributed by atoms with Crippen molar-refractivity contribution >= 4 is 27.3 Å². The smallest absolute Gasteiger partial charge is 0.345 e. The molecule has 0 amide bonds. The van der Waals surface area contributed by atoms with E-state index < -0.39 is 29.1 Å². The standard InChI is InChI=1S/C10H9N3O4S2/c1-7-9(6-8(18-7)10(14)15)19(16,17)13(4-2-11)5-3-12/h6H,4-5H2,1H3,(H,14,15). The Morgan fingerprint density at radius 1 is 1.42 bits per heavy atom. The van der Waals surface area contributed by atoms with Crippen LogP contribution in [0.3, 0.4) is 0 Å². The number of rotatable bonds is 5. The van der Waals surface area contributed by atoms with Gasteiger partial charge in [0.15, 0.2) is 0 Å². The Kier molecular flexibility index (Phi) is 4.62. The molecule has 0 radical (unpaired) electrons. The third-order valence-corrected chi connectivity index (χ3v) is 5.28. The van der Waals surface area contributed by atoms with Gasteiger partial charge in [0.2, 0.25) is 10.0 Å². The van der Waals surface area contributed by atoms with Gasteiger partial charge in [0.05, 0.1) is 17.0 Å². The van der Waals surface area contributed by atoms with E-state index in [2.05, 4.69) is 0 Å². The molecule has 1 heterocycles. The molecule has 0 aliphatic rings. The molecule has 1 N–H and O–H groups in total. The van der Waals surface area contributed by atoms with Gasteiger partial charge in [-0.25, -0.2) is 13.2 Å². The maximum atomic E-state index is 12.2. The lowest BCUT2D eigenvalue weighted by atomic mass is 10.4. The number of hydrogen-bond acceptors (Lipinski definition) is 6. The van der Waals surface area contributed by atoms with Gasteiger partial charge < -0.3 is 5.11 Å². The maximum Gasteiger partial charge on any atom is 0.345 e. The Balaban J connectivity index is 3.30. The molecule has 1 aromatic heterocycles. The van der Waals surface area contributed by atoms with Crippen LogP contribution in [0.25, 0.3) is 0 Å². The molecule has 0 aliphatic carbocycles. The fourth-order valence-corrected chi connectivity index (χ4v) is 3.98. The summed E-state index contributed by atoms with van der Waals surface area (Å²) in [5.74, 6) is -1.22. The van der Waals surface area contributed by atoms with Crippen molar-refractivity contribution in [2.75, 3.05) is 13.1 Å². The first-order chi connectivity index (χ1) is 8.84. The molecule has 0 atom stereocenters. The highest BCUT2D eigenvalue weighted by molar-refractivity contribution is 7.89. The predicted molar refractivity (Wildman–Crippen MR) is 66.0 cm³/mol. The van der Waals surface area contributed by atoms with Crippen LogP contribution in [0.1, 0.15) is 14.5 Å². The van der Waals surface area contributed by atoms with E-state index in [1.165, 1.54) is 6.92 Å². The summed E-state index contributed by atoms with van der Waals surface area (Å²) in [6.45, 7) is 0.544. The summed E-state index contributed by atoms with van der Waals surface area (Å²) in [4.78, 5) is 10.8. The molecule has 0 bridgehead atoms. The van der Waals surface area contributed by atoms with Gasteiger partial charge in [0.1, 0.15) is 18.0 Å². The minimum atomic E-state index is -4.03. The summed E-state index contributed by atoms with van der Waals surface area (Å²) in [7, 11) is -4.03. The number of nitrogens with zero attached hydrogens (tertiary/aromatic N) is 3. The summed E-state index contributed by atoms with van der Waals surface area (Å²) in [6.07, 6.45) is 0. The van der Waals surface area contributed by atoms with Crippen LogP contribution in [-0.4, -0.2) is 36.9 Å². The zero-order chi connectivity index (χ0) is 14.6. The number of carbonyl (C=O) groups is 1. The average Bonchev–Trinajstić information content (AvgIpc) is 2.72. The number of aryl methyl sites for hydroxylation is 1. The largest absolute Gasteiger partial charge is 0.477 e. The number of hydrogen-bond donors (Lipinski definition) is 1. The third-order valence-electron chi connectivity index (χ3n) is 2.19. The van der Waals surface area contributed by atoms with E-state index in [1.54, 1.807) is 12.1 Å². The average molecular weight is 299 g/mol. The first kappa shape index (κ1) is 15.1. The Morgan fingerprint density at radius 3 is 2.32 bits per heavy atom. The number of carboxylic acid groups (broad SMARTS) is 1. The molecule has 1 aromatic rings. The normalized spacial score (nSPS) is 10.9. The third kappa shape index (κ3) is 3.09. The lowest BCUT2D eigenvalue weighted by Crippen LogP contribution is -2.32. The molecule has 1 rings (SSSR count). The van der Waals surface area contributed by atoms with Gasteiger partial charge >= 0.3 is 5.97 Å². The van der Waals surface area contributed by atoms with Crippen molar-refractivity contribution in [2.24, 2.45) is 0 Å². The summed E-state index contributed by atoms with van der Waals surface area (Å²) in [6, 6.07) is 4.36. The zero-order valence-corrected chi connectivity index (χ0v) is 11.5. The van der Waals surface area contributed by atoms with Gasteiger partial charge in [-0.1, -0.05) is 0 Å². The van der Waals surface area contributed by atoms with Crippen molar-refractivity contribution in [3.63, 3.8) is 0 Å². The van der Waals surface area contributed by atoms with Gasteiger partial charge in [-0.05, 0) is 13.0 Å². The maximum absolute atomic E-state index is 12.2. The topological polar surface area (TPSA) is 122 Å². The zero-order valence-electron chi connectivity index (χ0n) is 9.82. The molecular weight excluding hydrogens is 290 g/mol. The second-order valence-corrected chi connectivity index (χ2v) is 6.59. The Hall–Kier alpha value is -1.94. The fourth-order valence-electron chi connectivity index (χ4n) is 1.35. The van der Waals surface area contributed by atoms with Crippen molar-refractivity contribution in [2.45, 2.75) is 11.8 Å². The molecule has 0 spiro atoms. The first-order valence-corrected chi connectivity index (χ1v) is 7.18. The highest BCUT2D eigenvalue weighted by Crippen LogP contribution is 2.28. The summed E-state index contributed by atoms with van der Waals surface area (Å²) >= 11 is 0.832. The van der Waals surface area contributed by atoms with Gasteiger partial charge in [0, 0.05) is 4.88 Å². The van der Waals surface area contributed by atoms with E-state index in [-0.39, 0.29) is 9.77 Å². The first-order valence-electron chi connectivity index (χ1n) is 4.92. The Labute approximate surface area is 114 Å². The number of aromatic carboxylic acids is 1. The molecule has 9 heteroatoms. The van der Waals surface area contributed by atoms with E-state index in [0.29, 0.717) is 9.18 Å². The number of thiophene rings is 1. The summed E-state index contributed by atoms with van der Waals surface area (Å²) < 4.78 is 25.1. The van der Waals surface area contributed by atoms with E-state index in [0.717, 1.165) is 17.4 Å². The minimum Gasteiger partial charge on any atom is -0.477 e. The molecule has 100 valence electrons. The molecule has 0 aliphatic heterocycles. The molecular formula is C10H9N3O4S2. The summed E-state index contributed by atoms with van der Waals surface area (Å²) in [5, 5.41) is 26.0. The molecule has 0 aromatic carbocycles. The van der Waals surface area contributed by atoms with E-state index in [1.807, 2.05) is 0 Å². The van der Waals surface area contributed by atoms with E-state index >= 15 is 0 Å². The van der Waals surface area contributed by atoms with Crippen molar-refractivity contribution in [1.29, 1.82) is 10.5 Å². The van der Waals surface area contributed by atoms with Crippen LogP contribution >= 0.6 is 11.3 Å². The SMILES string of the molecule is Cc1sc(C(=O)O)cc1S(=O)(=O)N(CC#N)CC#N. The molecule has 0 unspecified atom stereocenters. The predicted octanol–water partition coefficient (Wildman–Crippen LogP) is 0.793. The van der Waals surface area contributed by atoms with Gasteiger partial charge in [0.25, 0.3) is 0 Å². The van der Waals surface area contributed by atoms with Crippen LogP contribution in [0.5, 0.6) is 0 Å². The summed E-state index contributed by atoms with van der Waals surface area (Å²) in [5.41, 5.74) is 0. The fraction of sp³-hybridized carbons (Fsp3) is 0.300. The van der Waals surface area contributed by atoms with Gasteiger partial charge in [-0.15, -0.1) is 11.3 Å². The molecule has 0 fully saturated rings. The lowest BCUT2D eigenvalue weighted by molar-refractivity contribution is 0.0702. The highest BCUT2D eigenvalue weighted by Gasteiger charge is 2.28. The van der Waals surface area contributed by atoms with Crippen LogP contribution < -0.4 is 0 Å². The molecule has 0 saturated carbocycles. The van der Waals surface area contributed by atoms with E-state index in [9.17, 15) is 13.2 Å². The van der Waals surface area contributed by atoms with Gasteiger partial charge in [-0.2, -0.15) is 14.8 Å². The highest BCUT2D eigenvalue weighted by atomic mass is 32.2. The number of carboxylic acids is 1. The van der Waals surface area contributed by atoms with Crippen molar-refractivity contribution < 1.29 is 18.3 Å². The van der Waals surface area contributed by atoms with Crippen LogP contribution in [0.2, 0.25) is 0 Å². The van der Waals surface area contributed by atoms with Crippen molar-refractivity contribution in [3.8, 4) is 12.1 Å². The van der Waals surface area contributed by atoms with Crippen molar-refractivity contribution in [1.82, 2.24) is 4.31 Å². The minimum absolute atomic E-state index is 0.107. The Morgan fingerprint density at radius 2 is 1.95 bits per heavy atom. The second kappa shape index (κ2) is 5.80. The van der Waals surface area contributed by atoms with Crippen LogP contribution in [0, 0.1) is 29.6 Å². The van der Waals surface area contributed by atoms with Gasteiger partial charge in [-0.3, -0.25) is 0 Å². The van der Waals surface area contributed by atoms with Crippen LogP contribution in [0.15, 0.2) is 11.0 Å². The second-order valence-electron chi connectivity index (χ2n) is 3.43. The Bertz CT molecular complexity index is 663. The molecule has 19 heavy (non-hydrogen) atoms. The number of nitriles is 2. The lowest BCUT2D eigenvalue weighted by Gasteiger charge is -2.15. The monoisotopic (exact) mass is 299 g/mol. The molecule has 7 nitrogen and oxygen atoms in total. The van der Waals surface area contributed by atoms with Crippen LogP contribution in [0.4, 0.5) is 0 Å². The number of sulfonamides is 1. The van der Waals surface area contributed by atoms with Crippen LogP contribution in [-0.2, 0) is 10.0 Å². The quantitative estimate of drug-likeness (QED) is 0.802. The van der Waals surface area contributed by atoms with Crippen molar-refractivity contribution in [3.05, 3.63) is 15.8 Å². The van der Waals surface area contributed by atoms with E-state index in [4.69, 9.17) is 15.6 Å². The molecule has 0 saturated heterocycles.